The van der Waals surface area contributed by atoms with Gasteiger partial charge in [0.25, 0.3) is 0 Å². The van der Waals surface area contributed by atoms with Crippen LogP contribution < -0.4 is 10.2 Å². The maximum absolute atomic E-state index is 12.2. The summed E-state index contributed by atoms with van der Waals surface area (Å²) in [4.78, 5) is 24.7. The van der Waals surface area contributed by atoms with Crippen molar-refractivity contribution in [2.45, 2.75) is 0 Å². The minimum Gasteiger partial charge on any atom is -0.353 e. The molecule has 25 heavy (non-hydrogen) atoms. The number of aromatic nitrogens is 2. The van der Waals surface area contributed by atoms with E-state index in [1.54, 1.807) is 6.20 Å². The van der Waals surface area contributed by atoms with Gasteiger partial charge in [0.1, 0.15) is 11.9 Å². The Morgan fingerprint density at radius 2 is 1.88 bits per heavy atom. The van der Waals surface area contributed by atoms with Crippen molar-refractivity contribution in [3.05, 3.63) is 46.8 Å². The first kappa shape index (κ1) is 17.3. The molecule has 0 radical (unpaired) electrons. The Bertz CT molecular complexity index is 763. The molecular weight excluding hydrogens is 384 g/mol. The first-order valence-electron chi connectivity index (χ1n) is 7.89. The van der Waals surface area contributed by atoms with Crippen LogP contribution in [0.4, 0.5) is 11.5 Å². The van der Waals surface area contributed by atoms with E-state index in [9.17, 15) is 4.79 Å². The SMILES string of the molecule is N#Cc1cnc(N2CCN(CC(=O)Nc3ccc(Br)cc3)CC2)cn1. The quantitative estimate of drug-likeness (QED) is 0.842. The van der Waals surface area contributed by atoms with Crippen LogP contribution in [0.3, 0.4) is 0 Å². The number of carbonyl (C=O) groups is 1. The Morgan fingerprint density at radius 3 is 2.48 bits per heavy atom. The number of hydrogen-bond donors (Lipinski definition) is 1. The van der Waals surface area contributed by atoms with E-state index in [2.05, 4.69) is 41.0 Å². The fourth-order valence-electron chi connectivity index (χ4n) is 2.61. The third-order valence-corrected chi connectivity index (χ3v) is 4.47. The molecule has 0 spiro atoms. The van der Waals surface area contributed by atoms with Crippen LogP contribution in [0.25, 0.3) is 0 Å². The summed E-state index contributed by atoms with van der Waals surface area (Å²) < 4.78 is 0.979. The van der Waals surface area contributed by atoms with Gasteiger partial charge in [-0.3, -0.25) is 9.69 Å². The van der Waals surface area contributed by atoms with Crippen LogP contribution in [0.5, 0.6) is 0 Å². The molecule has 1 amide bonds. The molecular formula is C17H17BrN6O. The molecule has 3 rings (SSSR count). The normalized spacial score (nSPS) is 14.8. The summed E-state index contributed by atoms with van der Waals surface area (Å²) in [7, 11) is 0. The number of carbonyl (C=O) groups excluding carboxylic acids is 1. The van der Waals surface area contributed by atoms with Gasteiger partial charge < -0.3 is 10.2 Å². The lowest BCUT2D eigenvalue weighted by Crippen LogP contribution is -2.49. The highest BCUT2D eigenvalue weighted by Crippen LogP contribution is 2.15. The Kier molecular flexibility index (Phi) is 5.58. The Balaban J connectivity index is 1.47. The molecule has 2 heterocycles. The van der Waals surface area contributed by atoms with Crippen LogP contribution in [0.1, 0.15) is 5.69 Å². The van der Waals surface area contributed by atoms with Gasteiger partial charge in [-0.1, -0.05) is 15.9 Å². The van der Waals surface area contributed by atoms with Gasteiger partial charge in [0.05, 0.1) is 18.9 Å². The largest absolute Gasteiger partial charge is 0.353 e. The van der Waals surface area contributed by atoms with Crippen LogP contribution in [0.2, 0.25) is 0 Å². The van der Waals surface area contributed by atoms with Gasteiger partial charge in [0.15, 0.2) is 5.69 Å². The van der Waals surface area contributed by atoms with E-state index in [1.165, 1.54) is 6.20 Å². The van der Waals surface area contributed by atoms with Crippen LogP contribution in [0, 0.1) is 11.3 Å². The highest BCUT2D eigenvalue weighted by molar-refractivity contribution is 9.10. The van der Waals surface area contributed by atoms with Crippen molar-refractivity contribution in [1.82, 2.24) is 14.9 Å². The second kappa shape index (κ2) is 8.05. The molecule has 1 aliphatic heterocycles. The van der Waals surface area contributed by atoms with Crippen LogP contribution in [-0.2, 0) is 4.79 Å². The van der Waals surface area contributed by atoms with Crippen LogP contribution >= 0.6 is 15.9 Å². The average molecular weight is 401 g/mol. The van der Waals surface area contributed by atoms with E-state index in [4.69, 9.17) is 5.26 Å². The standard InChI is InChI=1S/C17H17BrN6O/c18-13-1-3-14(4-2-13)22-17(25)12-23-5-7-24(8-6-23)16-11-20-15(9-19)10-21-16/h1-4,10-11H,5-8,12H2,(H,22,25). The molecule has 0 unspecified atom stereocenters. The van der Waals surface area contributed by atoms with Gasteiger partial charge in [-0.05, 0) is 24.3 Å². The summed E-state index contributed by atoms with van der Waals surface area (Å²) in [5, 5.41) is 11.7. The first-order valence-corrected chi connectivity index (χ1v) is 8.68. The van der Waals surface area contributed by atoms with Gasteiger partial charge >= 0.3 is 0 Å². The zero-order chi connectivity index (χ0) is 17.6. The van der Waals surface area contributed by atoms with E-state index in [0.29, 0.717) is 12.2 Å². The van der Waals surface area contributed by atoms with E-state index < -0.39 is 0 Å². The third kappa shape index (κ3) is 4.75. The molecule has 0 bridgehead atoms. The summed E-state index contributed by atoms with van der Waals surface area (Å²) >= 11 is 3.37. The van der Waals surface area contributed by atoms with E-state index in [1.807, 2.05) is 30.3 Å². The number of nitrogens with one attached hydrogen (secondary N) is 1. The zero-order valence-corrected chi connectivity index (χ0v) is 15.1. The summed E-state index contributed by atoms with van der Waals surface area (Å²) in [6, 6.07) is 9.48. The lowest BCUT2D eigenvalue weighted by atomic mass is 10.3. The number of nitrogens with zero attached hydrogens (tertiary/aromatic N) is 5. The topological polar surface area (TPSA) is 85.2 Å². The fourth-order valence-corrected chi connectivity index (χ4v) is 2.88. The van der Waals surface area contributed by atoms with Crippen molar-refractivity contribution in [3.63, 3.8) is 0 Å². The van der Waals surface area contributed by atoms with Gasteiger partial charge in [0, 0.05) is 36.3 Å². The number of amides is 1. The molecule has 0 aliphatic carbocycles. The van der Waals surface area contributed by atoms with Gasteiger partial charge in [-0.25, -0.2) is 9.97 Å². The Labute approximate surface area is 154 Å². The number of hydrogen-bond acceptors (Lipinski definition) is 6. The molecule has 0 atom stereocenters. The van der Waals surface area contributed by atoms with Crippen molar-refractivity contribution in [3.8, 4) is 6.07 Å². The maximum Gasteiger partial charge on any atom is 0.238 e. The average Bonchev–Trinajstić information content (AvgIpc) is 2.64. The molecule has 1 saturated heterocycles. The molecule has 1 aromatic carbocycles. The van der Waals surface area contributed by atoms with Crippen molar-refractivity contribution in [2.24, 2.45) is 0 Å². The highest BCUT2D eigenvalue weighted by Gasteiger charge is 2.20. The highest BCUT2D eigenvalue weighted by atomic mass is 79.9. The van der Waals surface area contributed by atoms with E-state index >= 15 is 0 Å². The van der Waals surface area contributed by atoms with Gasteiger partial charge in [-0.2, -0.15) is 5.26 Å². The zero-order valence-electron chi connectivity index (χ0n) is 13.5. The summed E-state index contributed by atoms with van der Waals surface area (Å²) in [5.74, 6) is 0.743. The molecule has 2 aromatic rings. The first-order chi connectivity index (χ1) is 12.1. The molecule has 0 saturated carbocycles. The smallest absolute Gasteiger partial charge is 0.238 e. The number of anilines is 2. The fraction of sp³-hybridized carbons (Fsp3) is 0.294. The Morgan fingerprint density at radius 1 is 1.16 bits per heavy atom. The number of benzene rings is 1. The van der Waals surface area contributed by atoms with Gasteiger partial charge in [0.2, 0.25) is 5.91 Å². The molecule has 1 fully saturated rings. The second-order valence-electron chi connectivity index (χ2n) is 5.69. The van der Waals surface area contributed by atoms with Crippen LogP contribution in [0.15, 0.2) is 41.1 Å². The maximum atomic E-state index is 12.2. The van der Waals surface area contributed by atoms with Gasteiger partial charge in [-0.15, -0.1) is 0 Å². The number of nitriles is 1. The summed E-state index contributed by atoms with van der Waals surface area (Å²) in [6.45, 7) is 3.45. The predicted octanol–water partition coefficient (Wildman–Crippen LogP) is 1.87. The van der Waals surface area contributed by atoms with Crippen LogP contribution in [-0.4, -0.2) is 53.5 Å². The molecule has 1 aromatic heterocycles. The minimum atomic E-state index is -0.0195. The third-order valence-electron chi connectivity index (χ3n) is 3.94. The van der Waals surface area contributed by atoms with Crippen molar-refractivity contribution in [1.29, 1.82) is 5.26 Å². The monoisotopic (exact) mass is 400 g/mol. The molecule has 1 aliphatic rings. The molecule has 7 nitrogen and oxygen atoms in total. The van der Waals surface area contributed by atoms with Crippen molar-refractivity contribution in [2.75, 3.05) is 42.9 Å². The lowest BCUT2D eigenvalue weighted by Gasteiger charge is -2.34. The van der Waals surface area contributed by atoms with E-state index in [0.717, 1.165) is 42.2 Å². The molecule has 128 valence electrons. The molecule has 1 N–H and O–H groups in total. The number of rotatable bonds is 4. The summed E-state index contributed by atoms with van der Waals surface area (Å²) in [6.07, 6.45) is 3.10. The van der Waals surface area contributed by atoms with Crippen molar-refractivity contribution < 1.29 is 4.79 Å². The lowest BCUT2D eigenvalue weighted by molar-refractivity contribution is -0.117. The molecule has 8 heteroatoms. The van der Waals surface area contributed by atoms with Crippen molar-refractivity contribution >= 4 is 33.3 Å². The number of piperazine rings is 1. The van der Waals surface area contributed by atoms with E-state index in [-0.39, 0.29) is 5.91 Å². The minimum absolute atomic E-state index is 0.0195. The predicted molar refractivity (Wildman–Crippen MR) is 98.2 cm³/mol. The second-order valence-corrected chi connectivity index (χ2v) is 6.61. The summed E-state index contributed by atoms with van der Waals surface area (Å²) in [5.41, 5.74) is 1.10. The number of halogens is 1. The Hall–Kier alpha value is -2.50.